The summed E-state index contributed by atoms with van der Waals surface area (Å²) in [6, 6.07) is 3.63. The van der Waals surface area contributed by atoms with Gasteiger partial charge in [-0.1, -0.05) is 13.8 Å². The lowest BCUT2D eigenvalue weighted by Gasteiger charge is -2.11. The predicted octanol–water partition coefficient (Wildman–Crippen LogP) is 1.98. The maximum Gasteiger partial charge on any atom is 0.253 e. The number of carbonyl (C=O) groups is 1. The van der Waals surface area contributed by atoms with Gasteiger partial charge in [0, 0.05) is 31.5 Å². The minimum absolute atomic E-state index is 0.0300. The summed E-state index contributed by atoms with van der Waals surface area (Å²) >= 11 is 0. The summed E-state index contributed by atoms with van der Waals surface area (Å²) < 4.78 is 0. The molecule has 1 aromatic heterocycles. The van der Waals surface area contributed by atoms with Gasteiger partial charge in [0.2, 0.25) is 0 Å². The monoisotopic (exact) mass is 206 g/mol. The van der Waals surface area contributed by atoms with E-state index >= 15 is 0 Å². The highest BCUT2D eigenvalue weighted by molar-refractivity contribution is 5.93. The summed E-state index contributed by atoms with van der Waals surface area (Å²) in [6.07, 6.45) is 2.61. The van der Waals surface area contributed by atoms with E-state index in [-0.39, 0.29) is 5.91 Å². The van der Waals surface area contributed by atoms with Crippen molar-refractivity contribution >= 4 is 5.91 Å². The summed E-state index contributed by atoms with van der Waals surface area (Å²) in [7, 11) is 3.51. The number of aromatic nitrogens is 1. The van der Waals surface area contributed by atoms with Gasteiger partial charge < -0.3 is 4.90 Å². The molecule has 82 valence electrons. The zero-order chi connectivity index (χ0) is 11.4. The third-order valence-electron chi connectivity index (χ3n) is 2.09. The Labute approximate surface area is 91.1 Å². The van der Waals surface area contributed by atoms with Crippen molar-refractivity contribution < 1.29 is 4.79 Å². The van der Waals surface area contributed by atoms with E-state index in [1.54, 1.807) is 31.3 Å². The lowest BCUT2D eigenvalue weighted by molar-refractivity contribution is 0.0827. The molecule has 0 atom stereocenters. The molecule has 0 N–H and O–H groups in total. The van der Waals surface area contributed by atoms with Crippen LogP contribution in [0, 0.1) is 5.92 Å². The molecule has 0 radical (unpaired) electrons. The Morgan fingerprint density at radius 1 is 1.47 bits per heavy atom. The third-order valence-corrected chi connectivity index (χ3v) is 2.09. The van der Waals surface area contributed by atoms with Crippen molar-refractivity contribution in [2.45, 2.75) is 20.3 Å². The molecule has 0 aromatic carbocycles. The minimum Gasteiger partial charge on any atom is -0.345 e. The largest absolute Gasteiger partial charge is 0.345 e. The van der Waals surface area contributed by atoms with Gasteiger partial charge in [-0.05, 0) is 24.5 Å². The van der Waals surface area contributed by atoms with Gasteiger partial charge in [-0.15, -0.1) is 0 Å². The van der Waals surface area contributed by atoms with E-state index < -0.39 is 0 Å². The molecule has 0 spiro atoms. The van der Waals surface area contributed by atoms with Crippen molar-refractivity contribution in [2.24, 2.45) is 5.92 Å². The Balaban J connectivity index is 2.87. The Kier molecular flexibility index (Phi) is 3.83. The van der Waals surface area contributed by atoms with E-state index in [1.807, 2.05) is 6.07 Å². The summed E-state index contributed by atoms with van der Waals surface area (Å²) in [5.74, 6) is 0.588. The Bertz CT molecular complexity index is 345. The zero-order valence-corrected chi connectivity index (χ0v) is 9.82. The van der Waals surface area contributed by atoms with Crippen molar-refractivity contribution in [3.63, 3.8) is 0 Å². The van der Waals surface area contributed by atoms with E-state index in [4.69, 9.17) is 0 Å². The summed E-state index contributed by atoms with van der Waals surface area (Å²) in [4.78, 5) is 17.5. The fourth-order valence-corrected chi connectivity index (χ4v) is 1.40. The highest BCUT2D eigenvalue weighted by Crippen LogP contribution is 2.08. The van der Waals surface area contributed by atoms with Crippen LogP contribution in [0.25, 0.3) is 0 Å². The Morgan fingerprint density at radius 3 is 2.67 bits per heavy atom. The molecule has 1 amide bonds. The smallest absolute Gasteiger partial charge is 0.253 e. The predicted molar refractivity (Wildman–Crippen MR) is 60.8 cm³/mol. The number of amides is 1. The van der Waals surface area contributed by atoms with E-state index in [9.17, 15) is 4.79 Å². The molecule has 0 aliphatic rings. The molecule has 0 unspecified atom stereocenters. The minimum atomic E-state index is 0.0300. The maximum absolute atomic E-state index is 11.7. The van der Waals surface area contributed by atoms with Crippen molar-refractivity contribution in [1.82, 2.24) is 9.88 Å². The van der Waals surface area contributed by atoms with Crippen LogP contribution in [-0.2, 0) is 6.42 Å². The SMILES string of the molecule is CC(C)Cc1cc(C(=O)N(C)C)ccn1. The van der Waals surface area contributed by atoms with Crippen molar-refractivity contribution in [1.29, 1.82) is 0 Å². The molecule has 3 heteroatoms. The quantitative estimate of drug-likeness (QED) is 0.757. The van der Waals surface area contributed by atoms with Gasteiger partial charge in [-0.2, -0.15) is 0 Å². The van der Waals surface area contributed by atoms with E-state index in [0.717, 1.165) is 12.1 Å². The molecular weight excluding hydrogens is 188 g/mol. The lowest BCUT2D eigenvalue weighted by atomic mass is 10.1. The second-order valence-electron chi connectivity index (χ2n) is 4.33. The van der Waals surface area contributed by atoms with Crippen molar-refractivity contribution in [3.05, 3.63) is 29.6 Å². The average molecular weight is 206 g/mol. The van der Waals surface area contributed by atoms with Crippen LogP contribution in [0.1, 0.15) is 29.9 Å². The maximum atomic E-state index is 11.7. The van der Waals surface area contributed by atoms with Crippen molar-refractivity contribution in [3.8, 4) is 0 Å². The van der Waals surface area contributed by atoms with Crippen molar-refractivity contribution in [2.75, 3.05) is 14.1 Å². The molecule has 0 bridgehead atoms. The molecule has 1 aromatic rings. The number of hydrogen-bond acceptors (Lipinski definition) is 2. The summed E-state index contributed by atoms with van der Waals surface area (Å²) in [5, 5.41) is 0. The molecule has 0 fully saturated rings. The van der Waals surface area contributed by atoms with Gasteiger partial charge in [-0.3, -0.25) is 9.78 Å². The highest BCUT2D eigenvalue weighted by Gasteiger charge is 2.09. The van der Waals surface area contributed by atoms with Crippen LogP contribution >= 0.6 is 0 Å². The van der Waals surface area contributed by atoms with Gasteiger partial charge in [0.1, 0.15) is 0 Å². The number of pyridine rings is 1. The molecule has 1 heterocycles. The first-order valence-corrected chi connectivity index (χ1v) is 5.17. The van der Waals surface area contributed by atoms with Gasteiger partial charge in [0.15, 0.2) is 0 Å². The van der Waals surface area contributed by atoms with Gasteiger partial charge in [0.05, 0.1) is 0 Å². The Morgan fingerprint density at radius 2 is 2.13 bits per heavy atom. The van der Waals surface area contributed by atoms with Crippen LogP contribution < -0.4 is 0 Å². The first-order chi connectivity index (χ1) is 7.00. The second-order valence-corrected chi connectivity index (χ2v) is 4.33. The van der Waals surface area contributed by atoms with Crippen LogP contribution in [0.3, 0.4) is 0 Å². The number of hydrogen-bond donors (Lipinski definition) is 0. The summed E-state index contributed by atoms with van der Waals surface area (Å²) in [5.41, 5.74) is 1.70. The molecule has 0 saturated carbocycles. The fraction of sp³-hybridized carbons (Fsp3) is 0.500. The molecule has 0 aliphatic carbocycles. The first kappa shape index (κ1) is 11.7. The van der Waals surface area contributed by atoms with E-state index in [0.29, 0.717) is 11.5 Å². The van der Waals surface area contributed by atoms with Crippen LogP contribution in [0.5, 0.6) is 0 Å². The van der Waals surface area contributed by atoms with Gasteiger partial charge in [-0.25, -0.2) is 0 Å². The molecule has 0 aliphatic heterocycles. The third kappa shape index (κ3) is 3.35. The van der Waals surface area contributed by atoms with Gasteiger partial charge >= 0.3 is 0 Å². The standard InChI is InChI=1S/C12H18N2O/c1-9(2)7-11-8-10(5-6-13-11)12(15)14(3)4/h5-6,8-9H,7H2,1-4H3. The summed E-state index contributed by atoms with van der Waals surface area (Å²) in [6.45, 7) is 4.28. The van der Waals surface area contributed by atoms with Crippen LogP contribution in [0.15, 0.2) is 18.3 Å². The van der Waals surface area contributed by atoms with Crippen LogP contribution in [0.2, 0.25) is 0 Å². The first-order valence-electron chi connectivity index (χ1n) is 5.17. The van der Waals surface area contributed by atoms with Crippen LogP contribution in [-0.4, -0.2) is 29.9 Å². The second kappa shape index (κ2) is 4.91. The molecule has 0 saturated heterocycles. The lowest BCUT2D eigenvalue weighted by Crippen LogP contribution is -2.21. The van der Waals surface area contributed by atoms with E-state index in [2.05, 4.69) is 18.8 Å². The van der Waals surface area contributed by atoms with E-state index in [1.165, 1.54) is 0 Å². The molecule has 15 heavy (non-hydrogen) atoms. The van der Waals surface area contributed by atoms with Crippen LogP contribution in [0.4, 0.5) is 0 Å². The number of carbonyl (C=O) groups excluding carboxylic acids is 1. The fourth-order valence-electron chi connectivity index (χ4n) is 1.40. The topological polar surface area (TPSA) is 33.2 Å². The average Bonchev–Trinajstić information content (AvgIpc) is 2.16. The highest BCUT2D eigenvalue weighted by atomic mass is 16.2. The molecular formula is C12H18N2O. The van der Waals surface area contributed by atoms with Gasteiger partial charge in [0.25, 0.3) is 5.91 Å². The zero-order valence-electron chi connectivity index (χ0n) is 9.82. The normalized spacial score (nSPS) is 10.5. The molecule has 1 rings (SSSR count). The Hall–Kier alpha value is -1.38. The number of nitrogens with zero attached hydrogens (tertiary/aromatic N) is 2. The molecule has 3 nitrogen and oxygen atoms in total. The number of rotatable bonds is 3.